The molecule has 0 amide bonds. The molecule has 1 rings (SSSR count). The van der Waals surface area contributed by atoms with Crippen LogP contribution >= 0.6 is 0 Å². The molecule has 0 atom stereocenters. The number of phenols is 1. The minimum Gasteiger partial charge on any atom is -0.507 e. The molecular formula is C9H12N4O3. The smallest absolute Gasteiger partial charge is 0.237 e. The van der Waals surface area contributed by atoms with E-state index in [0.717, 1.165) is 0 Å². The Morgan fingerprint density at radius 2 is 2.31 bits per heavy atom. The SMILES string of the molecule is COc1ccc(O)c(C=NN=C(N)NO)c1. The Balaban J connectivity index is 2.87. The maximum Gasteiger partial charge on any atom is 0.237 e. The van der Waals surface area contributed by atoms with Gasteiger partial charge in [-0.2, -0.15) is 5.10 Å². The summed E-state index contributed by atoms with van der Waals surface area (Å²) in [5, 5.41) is 24.7. The first-order valence-corrected chi connectivity index (χ1v) is 4.31. The first-order valence-electron chi connectivity index (χ1n) is 4.31. The quantitative estimate of drug-likeness (QED) is 0.328. The van der Waals surface area contributed by atoms with Gasteiger partial charge in [0, 0.05) is 5.56 Å². The van der Waals surface area contributed by atoms with E-state index in [1.54, 1.807) is 17.6 Å². The number of rotatable bonds is 3. The summed E-state index contributed by atoms with van der Waals surface area (Å²) in [6.07, 6.45) is 1.28. The second-order valence-electron chi connectivity index (χ2n) is 2.77. The van der Waals surface area contributed by atoms with Crippen molar-refractivity contribution in [3.63, 3.8) is 0 Å². The molecule has 1 aromatic carbocycles. The molecular weight excluding hydrogens is 212 g/mol. The molecule has 0 aliphatic rings. The van der Waals surface area contributed by atoms with Gasteiger partial charge in [0.25, 0.3) is 0 Å². The molecule has 0 spiro atoms. The zero-order chi connectivity index (χ0) is 12.0. The number of nitrogens with one attached hydrogen (secondary N) is 1. The Hall–Kier alpha value is -2.28. The van der Waals surface area contributed by atoms with E-state index < -0.39 is 0 Å². The van der Waals surface area contributed by atoms with Gasteiger partial charge >= 0.3 is 0 Å². The van der Waals surface area contributed by atoms with Crippen molar-refractivity contribution < 1.29 is 15.1 Å². The Kier molecular flexibility index (Phi) is 4.10. The predicted octanol–water partition coefficient (Wildman–Crippen LogP) is 0.0282. The lowest BCUT2D eigenvalue weighted by atomic mass is 10.2. The van der Waals surface area contributed by atoms with Gasteiger partial charge in [-0.15, -0.1) is 5.10 Å². The van der Waals surface area contributed by atoms with Crippen molar-refractivity contribution in [2.24, 2.45) is 15.9 Å². The molecule has 7 heteroatoms. The summed E-state index contributed by atoms with van der Waals surface area (Å²) in [4.78, 5) is 0. The summed E-state index contributed by atoms with van der Waals surface area (Å²) in [5.41, 5.74) is 7.16. The first-order chi connectivity index (χ1) is 7.67. The van der Waals surface area contributed by atoms with Crippen LogP contribution in [0.4, 0.5) is 0 Å². The van der Waals surface area contributed by atoms with Crippen LogP contribution in [0.3, 0.4) is 0 Å². The molecule has 7 nitrogen and oxygen atoms in total. The van der Waals surface area contributed by atoms with Crippen molar-refractivity contribution in [1.29, 1.82) is 0 Å². The van der Waals surface area contributed by atoms with Gasteiger partial charge in [-0.25, -0.2) is 5.48 Å². The number of hydrogen-bond donors (Lipinski definition) is 4. The molecule has 0 radical (unpaired) electrons. The van der Waals surface area contributed by atoms with Crippen LogP contribution in [0, 0.1) is 0 Å². The molecule has 0 aromatic heterocycles. The second-order valence-corrected chi connectivity index (χ2v) is 2.77. The van der Waals surface area contributed by atoms with Gasteiger partial charge in [0.15, 0.2) is 0 Å². The molecule has 0 aliphatic carbocycles. The van der Waals surface area contributed by atoms with E-state index in [1.165, 1.54) is 19.4 Å². The molecule has 0 saturated carbocycles. The fourth-order valence-electron chi connectivity index (χ4n) is 0.939. The normalized spacial score (nSPS) is 11.8. The van der Waals surface area contributed by atoms with Gasteiger partial charge in [0.1, 0.15) is 11.5 Å². The monoisotopic (exact) mass is 224 g/mol. The van der Waals surface area contributed by atoms with Gasteiger partial charge < -0.3 is 15.6 Å². The molecule has 0 fully saturated rings. The van der Waals surface area contributed by atoms with Crippen LogP contribution in [0.25, 0.3) is 0 Å². The zero-order valence-corrected chi connectivity index (χ0v) is 8.58. The molecule has 0 aliphatic heterocycles. The number of aromatic hydroxyl groups is 1. The van der Waals surface area contributed by atoms with E-state index in [1.807, 2.05) is 0 Å². The van der Waals surface area contributed by atoms with Crippen LogP contribution in [-0.4, -0.2) is 29.6 Å². The molecule has 0 unspecified atom stereocenters. The number of guanidine groups is 1. The van der Waals surface area contributed by atoms with Crippen molar-refractivity contribution in [3.05, 3.63) is 23.8 Å². The Labute approximate surface area is 91.8 Å². The third-order valence-electron chi connectivity index (χ3n) is 1.71. The van der Waals surface area contributed by atoms with Crippen LogP contribution in [-0.2, 0) is 0 Å². The summed E-state index contributed by atoms with van der Waals surface area (Å²) >= 11 is 0. The fraction of sp³-hybridized carbons (Fsp3) is 0.111. The van der Waals surface area contributed by atoms with E-state index in [2.05, 4.69) is 10.2 Å². The van der Waals surface area contributed by atoms with E-state index in [0.29, 0.717) is 11.3 Å². The fourth-order valence-corrected chi connectivity index (χ4v) is 0.939. The molecule has 0 bridgehead atoms. The topological polar surface area (TPSA) is 112 Å². The Morgan fingerprint density at radius 1 is 1.56 bits per heavy atom. The molecule has 86 valence electrons. The van der Waals surface area contributed by atoms with Crippen LogP contribution in [0.1, 0.15) is 5.56 Å². The lowest BCUT2D eigenvalue weighted by Crippen LogP contribution is -2.27. The summed E-state index contributed by atoms with van der Waals surface area (Å²) in [6.45, 7) is 0. The van der Waals surface area contributed by atoms with Crippen LogP contribution in [0.15, 0.2) is 28.4 Å². The van der Waals surface area contributed by atoms with Crippen molar-refractivity contribution in [2.75, 3.05) is 7.11 Å². The van der Waals surface area contributed by atoms with E-state index in [4.69, 9.17) is 15.7 Å². The van der Waals surface area contributed by atoms with Crippen LogP contribution < -0.4 is 16.0 Å². The molecule has 1 aromatic rings. The number of ether oxygens (including phenoxy) is 1. The summed E-state index contributed by atoms with van der Waals surface area (Å²) < 4.78 is 4.97. The molecule has 0 saturated heterocycles. The van der Waals surface area contributed by atoms with Crippen molar-refractivity contribution in [1.82, 2.24) is 5.48 Å². The average Bonchev–Trinajstić information content (AvgIpc) is 2.31. The minimum atomic E-state index is -0.251. The number of methoxy groups -OCH3 is 1. The highest BCUT2D eigenvalue weighted by atomic mass is 16.5. The van der Waals surface area contributed by atoms with Crippen LogP contribution in [0.2, 0.25) is 0 Å². The number of phenolic OH excluding ortho intramolecular Hbond substituents is 1. The maximum absolute atomic E-state index is 9.46. The maximum atomic E-state index is 9.46. The van der Waals surface area contributed by atoms with Crippen molar-refractivity contribution in [2.45, 2.75) is 0 Å². The number of hydroxylamine groups is 1. The highest BCUT2D eigenvalue weighted by Crippen LogP contribution is 2.20. The Bertz CT molecular complexity index is 417. The standard InChI is InChI=1S/C9H12N4O3/c1-16-7-2-3-8(14)6(4-7)5-11-12-9(10)13-15/h2-5,14-15H,1H3,(H3,10,12,13). The number of hydrogen-bond acceptors (Lipinski definition) is 5. The highest BCUT2D eigenvalue weighted by Gasteiger charge is 1.99. The van der Waals surface area contributed by atoms with Crippen molar-refractivity contribution in [3.8, 4) is 11.5 Å². The third kappa shape index (κ3) is 3.14. The average molecular weight is 224 g/mol. The molecule has 0 heterocycles. The highest BCUT2D eigenvalue weighted by molar-refractivity contribution is 5.85. The van der Waals surface area contributed by atoms with Gasteiger partial charge in [-0.3, -0.25) is 5.21 Å². The Morgan fingerprint density at radius 3 is 2.94 bits per heavy atom. The van der Waals surface area contributed by atoms with Gasteiger partial charge in [0.05, 0.1) is 13.3 Å². The molecule has 16 heavy (non-hydrogen) atoms. The number of benzene rings is 1. The molecule has 5 N–H and O–H groups in total. The minimum absolute atomic E-state index is 0.0373. The van der Waals surface area contributed by atoms with Gasteiger partial charge in [0.2, 0.25) is 5.96 Å². The van der Waals surface area contributed by atoms with E-state index in [9.17, 15) is 5.11 Å². The summed E-state index contributed by atoms with van der Waals surface area (Å²) in [6, 6.07) is 4.66. The van der Waals surface area contributed by atoms with E-state index in [-0.39, 0.29) is 11.7 Å². The van der Waals surface area contributed by atoms with E-state index >= 15 is 0 Å². The number of nitrogens with two attached hydrogens (primary N) is 1. The summed E-state index contributed by atoms with van der Waals surface area (Å²) in [5.74, 6) is 0.366. The lowest BCUT2D eigenvalue weighted by Gasteiger charge is -2.02. The second kappa shape index (κ2) is 5.56. The lowest BCUT2D eigenvalue weighted by molar-refractivity contribution is 0.232. The van der Waals surface area contributed by atoms with Crippen LogP contribution in [0.5, 0.6) is 11.5 Å². The van der Waals surface area contributed by atoms with Gasteiger partial charge in [-0.05, 0) is 18.2 Å². The predicted molar refractivity (Wildman–Crippen MR) is 58.8 cm³/mol. The van der Waals surface area contributed by atoms with Gasteiger partial charge in [-0.1, -0.05) is 0 Å². The number of nitrogens with zero attached hydrogens (tertiary/aromatic N) is 2. The van der Waals surface area contributed by atoms with Crippen molar-refractivity contribution >= 4 is 12.2 Å². The largest absolute Gasteiger partial charge is 0.507 e. The first kappa shape index (κ1) is 11.8. The zero-order valence-electron chi connectivity index (χ0n) is 8.58. The summed E-state index contributed by atoms with van der Waals surface area (Å²) in [7, 11) is 1.51. The third-order valence-corrected chi connectivity index (χ3v) is 1.71.